The van der Waals surface area contributed by atoms with Gasteiger partial charge in [-0.3, -0.25) is 9.59 Å². The van der Waals surface area contributed by atoms with Crippen LogP contribution in [-0.4, -0.2) is 53.0 Å². The zero-order valence-electron chi connectivity index (χ0n) is 17.6. The number of ether oxygens (including phenoxy) is 1. The van der Waals surface area contributed by atoms with Crippen molar-refractivity contribution in [1.29, 1.82) is 0 Å². The summed E-state index contributed by atoms with van der Waals surface area (Å²) in [6, 6.07) is 7.71. The number of benzene rings is 1. The SMILES string of the molecule is C/C(=C\C1CCC(O)CC1)COC(=O)[C@@H]1CCCCN1C(=O)C(=O)c1ccccc1. The highest BCUT2D eigenvalue weighted by atomic mass is 16.5. The minimum absolute atomic E-state index is 0.184. The van der Waals surface area contributed by atoms with Gasteiger partial charge in [-0.15, -0.1) is 0 Å². The fourth-order valence-corrected chi connectivity index (χ4v) is 4.26. The Morgan fingerprint density at radius 3 is 2.47 bits per heavy atom. The van der Waals surface area contributed by atoms with Crippen LogP contribution in [0.2, 0.25) is 0 Å². The number of allylic oxidation sites excluding steroid dienone is 1. The molecule has 1 N–H and O–H groups in total. The number of rotatable bonds is 6. The van der Waals surface area contributed by atoms with Crippen molar-refractivity contribution in [3.8, 4) is 0 Å². The standard InChI is InChI=1S/C24H31NO5/c1-17(15-18-10-12-20(26)13-11-18)16-30-24(29)21-9-5-6-14-25(21)23(28)22(27)19-7-3-2-4-8-19/h2-4,7-8,15,18,20-21,26H,5-6,9-14,16H2,1H3/b17-15+/t18?,20?,21-/m0/s1. The van der Waals surface area contributed by atoms with E-state index in [9.17, 15) is 19.5 Å². The summed E-state index contributed by atoms with van der Waals surface area (Å²) < 4.78 is 5.51. The molecule has 1 amide bonds. The molecule has 1 aliphatic carbocycles. The number of piperidine rings is 1. The Morgan fingerprint density at radius 1 is 1.07 bits per heavy atom. The van der Waals surface area contributed by atoms with Gasteiger partial charge < -0.3 is 14.7 Å². The predicted octanol–water partition coefficient (Wildman–Crippen LogP) is 3.29. The first-order valence-corrected chi connectivity index (χ1v) is 10.9. The molecule has 1 aromatic carbocycles. The van der Waals surface area contributed by atoms with E-state index in [1.54, 1.807) is 30.3 Å². The smallest absolute Gasteiger partial charge is 0.329 e. The second kappa shape index (κ2) is 10.5. The summed E-state index contributed by atoms with van der Waals surface area (Å²) in [6.07, 6.45) is 7.54. The third-order valence-corrected chi connectivity index (χ3v) is 5.97. The third-order valence-electron chi connectivity index (χ3n) is 5.97. The van der Waals surface area contributed by atoms with Crippen molar-refractivity contribution in [2.75, 3.05) is 13.2 Å². The molecule has 0 radical (unpaired) electrons. The summed E-state index contributed by atoms with van der Waals surface area (Å²) in [6.45, 7) is 2.50. The number of ketones is 1. The first kappa shape index (κ1) is 22.2. The zero-order valence-corrected chi connectivity index (χ0v) is 17.6. The van der Waals surface area contributed by atoms with Crippen LogP contribution in [0.3, 0.4) is 0 Å². The number of esters is 1. The van der Waals surface area contributed by atoms with E-state index in [0.717, 1.165) is 44.1 Å². The van der Waals surface area contributed by atoms with Gasteiger partial charge in [-0.25, -0.2) is 4.79 Å². The number of aliphatic hydroxyl groups excluding tert-OH is 1. The molecule has 0 aromatic heterocycles. The maximum absolute atomic E-state index is 12.8. The van der Waals surface area contributed by atoms with Gasteiger partial charge in [0.05, 0.1) is 6.10 Å². The number of nitrogens with zero attached hydrogens (tertiary/aromatic N) is 1. The second-order valence-electron chi connectivity index (χ2n) is 8.39. The van der Waals surface area contributed by atoms with Gasteiger partial charge in [-0.2, -0.15) is 0 Å². The Kier molecular flexibility index (Phi) is 7.80. The molecule has 0 bridgehead atoms. The minimum Gasteiger partial charge on any atom is -0.460 e. The van der Waals surface area contributed by atoms with Crippen molar-refractivity contribution in [3.05, 3.63) is 47.5 Å². The maximum atomic E-state index is 12.8. The van der Waals surface area contributed by atoms with Gasteiger partial charge in [0.25, 0.3) is 5.91 Å². The molecule has 162 valence electrons. The first-order valence-electron chi connectivity index (χ1n) is 10.9. The number of hydrogen-bond donors (Lipinski definition) is 1. The zero-order chi connectivity index (χ0) is 21.5. The monoisotopic (exact) mass is 413 g/mol. The van der Waals surface area contributed by atoms with Crippen molar-refractivity contribution in [2.24, 2.45) is 5.92 Å². The summed E-state index contributed by atoms with van der Waals surface area (Å²) in [5.41, 5.74) is 1.30. The van der Waals surface area contributed by atoms with E-state index in [-0.39, 0.29) is 12.7 Å². The molecule has 0 spiro atoms. The molecular formula is C24H31NO5. The molecule has 1 atom stereocenters. The van der Waals surface area contributed by atoms with Crippen LogP contribution in [-0.2, 0) is 14.3 Å². The normalized spacial score (nSPS) is 24.9. The fourth-order valence-electron chi connectivity index (χ4n) is 4.26. The number of Topliss-reactive ketones (excluding diaryl/α,β-unsaturated/α-hetero) is 1. The highest BCUT2D eigenvalue weighted by Gasteiger charge is 2.36. The second-order valence-corrected chi connectivity index (χ2v) is 8.39. The third kappa shape index (κ3) is 5.79. The van der Waals surface area contributed by atoms with Crippen LogP contribution in [0.5, 0.6) is 0 Å². The van der Waals surface area contributed by atoms with Crippen LogP contribution in [0, 0.1) is 5.92 Å². The molecule has 6 nitrogen and oxygen atoms in total. The summed E-state index contributed by atoms with van der Waals surface area (Å²) in [5.74, 6) is -1.28. The molecule has 1 heterocycles. The number of hydrogen-bond acceptors (Lipinski definition) is 5. The number of aliphatic hydroxyl groups is 1. The van der Waals surface area contributed by atoms with Crippen LogP contribution in [0.4, 0.5) is 0 Å². The van der Waals surface area contributed by atoms with E-state index in [0.29, 0.717) is 24.4 Å². The average Bonchev–Trinajstić information content (AvgIpc) is 2.78. The van der Waals surface area contributed by atoms with Crippen molar-refractivity contribution < 1.29 is 24.2 Å². The summed E-state index contributed by atoms with van der Waals surface area (Å²) in [5, 5.41) is 9.62. The Balaban J connectivity index is 1.58. The predicted molar refractivity (Wildman–Crippen MR) is 113 cm³/mol. The number of amides is 1. The van der Waals surface area contributed by atoms with Crippen molar-refractivity contribution in [1.82, 2.24) is 4.90 Å². The molecule has 6 heteroatoms. The van der Waals surface area contributed by atoms with Crippen molar-refractivity contribution >= 4 is 17.7 Å². The lowest BCUT2D eigenvalue weighted by Gasteiger charge is -2.33. The van der Waals surface area contributed by atoms with E-state index in [4.69, 9.17) is 4.74 Å². The van der Waals surface area contributed by atoms with E-state index >= 15 is 0 Å². The summed E-state index contributed by atoms with van der Waals surface area (Å²) in [4.78, 5) is 39.4. The highest BCUT2D eigenvalue weighted by molar-refractivity contribution is 6.43. The topological polar surface area (TPSA) is 83.9 Å². The molecule has 3 rings (SSSR count). The number of likely N-dealkylation sites (tertiary alicyclic amines) is 1. The Bertz CT molecular complexity index is 780. The Labute approximate surface area is 177 Å². The van der Waals surface area contributed by atoms with Gasteiger partial charge in [0, 0.05) is 12.1 Å². The van der Waals surface area contributed by atoms with Gasteiger partial charge in [0.15, 0.2) is 0 Å². The summed E-state index contributed by atoms with van der Waals surface area (Å²) >= 11 is 0. The van der Waals surface area contributed by atoms with E-state index in [1.165, 1.54) is 4.90 Å². The molecule has 1 saturated heterocycles. The summed E-state index contributed by atoms with van der Waals surface area (Å²) in [7, 11) is 0. The van der Waals surface area contributed by atoms with Gasteiger partial charge in [-0.05, 0) is 63.4 Å². The van der Waals surface area contributed by atoms with Gasteiger partial charge in [0.2, 0.25) is 5.78 Å². The van der Waals surface area contributed by atoms with Crippen LogP contribution >= 0.6 is 0 Å². The molecule has 2 fully saturated rings. The van der Waals surface area contributed by atoms with Crippen LogP contribution in [0.25, 0.3) is 0 Å². The quantitative estimate of drug-likeness (QED) is 0.335. The van der Waals surface area contributed by atoms with Crippen LogP contribution in [0.1, 0.15) is 62.2 Å². The molecule has 2 aliphatic rings. The minimum atomic E-state index is -0.712. The average molecular weight is 414 g/mol. The molecule has 1 saturated carbocycles. The van der Waals surface area contributed by atoms with E-state index in [1.807, 2.05) is 6.92 Å². The van der Waals surface area contributed by atoms with Crippen molar-refractivity contribution in [3.63, 3.8) is 0 Å². The lowest BCUT2D eigenvalue weighted by molar-refractivity contribution is -0.154. The molecule has 1 aromatic rings. The van der Waals surface area contributed by atoms with Gasteiger partial charge in [-0.1, -0.05) is 36.4 Å². The maximum Gasteiger partial charge on any atom is 0.329 e. The molecular weight excluding hydrogens is 382 g/mol. The fraction of sp³-hybridized carbons (Fsp3) is 0.542. The van der Waals surface area contributed by atoms with Gasteiger partial charge >= 0.3 is 5.97 Å². The van der Waals surface area contributed by atoms with E-state index < -0.39 is 23.7 Å². The largest absolute Gasteiger partial charge is 0.460 e. The van der Waals surface area contributed by atoms with Gasteiger partial charge in [0.1, 0.15) is 12.6 Å². The lowest BCUT2D eigenvalue weighted by Crippen LogP contribution is -2.51. The first-order chi connectivity index (χ1) is 14.5. The highest BCUT2D eigenvalue weighted by Crippen LogP contribution is 2.26. The Hall–Kier alpha value is -2.47. The molecule has 1 aliphatic heterocycles. The lowest BCUT2D eigenvalue weighted by atomic mass is 9.86. The molecule has 30 heavy (non-hydrogen) atoms. The van der Waals surface area contributed by atoms with Crippen molar-refractivity contribution in [2.45, 2.75) is 64.0 Å². The van der Waals surface area contributed by atoms with Crippen LogP contribution in [0.15, 0.2) is 42.0 Å². The van der Waals surface area contributed by atoms with E-state index in [2.05, 4.69) is 6.08 Å². The Morgan fingerprint density at radius 2 is 1.77 bits per heavy atom. The van der Waals surface area contributed by atoms with Crippen LogP contribution < -0.4 is 0 Å². The number of carbonyl (C=O) groups is 3. The molecule has 0 unspecified atom stereocenters. The number of carbonyl (C=O) groups excluding carboxylic acids is 3.